The molecule has 1 N–H and O–H groups in total. The average molecular weight is 267 g/mol. The zero-order valence-electron chi connectivity index (χ0n) is 9.94. The van der Waals surface area contributed by atoms with E-state index in [1.807, 2.05) is 11.8 Å². The quantitative estimate of drug-likeness (QED) is 0.603. The van der Waals surface area contributed by atoms with E-state index in [1.54, 1.807) is 11.3 Å². The summed E-state index contributed by atoms with van der Waals surface area (Å²) < 4.78 is 7.09. The summed E-state index contributed by atoms with van der Waals surface area (Å²) in [5, 5.41) is 5.44. The van der Waals surface area contributed by atoms with Crippen LogP contribution in [0.2, 0.25) is 0 Å². The Labute approximate surface area is 110 Å². The van der Waals surface area contributed by atoms with Gasteiger partial charge in [0.05, 0.1) is 16.5 Å². The molecule has 0 bridgehead atoms. The van der Waals surface area contributed by atoms with Crippen molar-refractivity contribution >= 4 is 23.1 Å². The first-order valence-corrected chi connectivity index (χ1v) is 7.69. The van der Waals surface area contributed by atoms with E-state index in [9.17, 15) is 0 Å². The summed E-state index contributed by atoms with van der Waals surface area (Å²) in [5.74, 6) is 2.99. The van der Waals surface area contributed by atoms with Gasteiger partial charge in [0.1, 0.15) is 11.5 Å². The summed E-state index contributed by atoms with van der Waals surface area (Å²) in [5.41, 5.74) is 0. The molecule has 0 aliphatic heterocycles. The molecular weight excluding hydrogens is 250 g/mol. The maximum atomic E-state index is 5.75. The Morgan fingerprint density at radius 3 is 2.94 bits per heavy atom. The van der Waals surface area contributed by atoms with Crippen LogP contribution in [-0.4, -0.2) is 6.54 Å². The molecule has 0 unspecified atom stereocenters. The summed E-state index contributed by atoms with van der Waals surface area (Å²) in [6, 6.07) is 8.35. The van der Waals surface area contributed by atoms with Crippen LogP contribution in [0.5, 0.6) is 0 Å². The first-order chi connectivity index (χ1) is 8.38. The van der Waals surface area contributed by atoms with Gasteiger partial charge in [-0.05, 0) is 36.5 Å². The molecule has 0 aliphatic rings. The molecule has 0 saturated carbocycles. The van der Waals surface area contributed by atoms with Crippen molar-refractivity contribution in [3.05, 3.63) is 41.2 Å². The molecule has 0 amide bonds. The molecule has 2 aromatic rings. The van der Waals surface area contributed by atoms with E-state index in [0.717, 1.165) is 36.8 Å². The lowest BCUT2D eigenvalue weighted by atomic mass is 10.4. The number of rotatable bonds is 7. The highest BCUT2D eigenvalue weighted by Gasteiger charge is 2.03. The Balaban J connectivity index is 1.77. The number of nitrogens with one attached hydrogen (secondary N) is 1. The Morgan fingerprint density at radius 1 is 1.29 bits per heavy atom. The van der Waals surface area contributed by atoms with Crippen molar-refractivity contribution in [3.8, 4) is 0 Å². The third-order valence-electron chi connectivity index (χ3n) is 2.30. The van der Waals surface area contributed by atoms with Gasteiger partial charge in [0.15, 0.2) is 0 Å². The van der Waals surface area contributed by atoms with Gasteiger partial charge >= 0.3 is 0 Å². The predicted octanol–water partition coefficient (Wildman–Crippen LogP) is 4.13. The minimum Gasteiger partial charge on any atom is -0.464 e. The maximum Gasteiger partial charge on any atom is 0.118 e. The minimum absolute atomic E-state index is 0.831. The van der Waals surface area contributed by atoms with Crippen LogP contribution in [0, 0.1) is 0 Å². The second-order valence-electron chi connectivity index (χ2n) is 3.77. The van der Waals surface area contributed by atoms with E-state index < -0.39 is 0 Å². The van der Waals surface area contributed by atoms with Crippen LogP contribution >= 0.6 is 23.1 Å². The Morgan fingerprint density at radius 2 is 2.18 bits per heavy atom. The van der Waals surface area contributed by atoms with Gasteiger partial charge in [-0.1, -0.05) is 13.0 Å². The summed E-state index contributed by atoms with van der Waals surface area (Å²) in [6.45, 7) is 4.04. The van der Waals surface area contributed by atoms with Crippen molar-refractivity contribution in [1.29, 1.82) is 0 Å². The molecule has 0 radical (unpaired) electrons. The maximum absolute atomic E-state index is 5.75. The van der Waals surface area contributed by atoms with Gasteiger partial charge in [0.2, 0.25) is 0 Å². The lowest BCUT2D eigenvalue weighted by Gasteiger charge is -1.99. The second-order valence-corrected chi connectivity index (χ2v) is 5.99. The van der Waals surface area contributed by atoms with E-state index in [-0.39, 0.29) is 0 Å². The molecule has 0 spiro atoms. The van der Waals surface area contributed by atoms with Crippen LogP contribution in [0.15, 0.2) is 38.3 Å². The minimum atomic E-state index is 0.831. The molecular formula is C13H17NOS2. The average Bonchev–Trinajstić information content (AvgIpc) is 2.98. The normalized spacial score (nSPS) is 10.9. The predicted molar refractivity (Wildman–Crippen MR) is 74.6 cm³/mol. The van der Waals surface area contributed by atoms with Crippen molar-refractivity contribution in [2.75, 3.05) is 6.54 Å². The van der Waals surface area contributed by atoms with Gasteiger partial charge in [0, 0.05) is 0 Å². The van der Waals surface area contributed by atoms with Crippen LogP contribution in [0.25, 0.3) is 0 Å². The van der Waals surface area contributed by atoms with Crippen LogP contribution in [0.3, 0.4) is 0 Å². The standard InChI is InChI=1S/C13H17NOS2/c1-2-7-14-9-11-5-6-12(15-11)10-17-13-4-3-8-16-13/h3-6,8,14H,2,7,9-10H2,1H3. The molecule has 2 heterocycles. The molecule has 92 valence electrons. The fourth-order valence-corrected chi connectivity index (χ4v) is 3.15. The lowest BCUT2D eigenvalue weighted by molar-refractivity contribution is 0.459. The molecule has 2 nitrogen and oxygen atoms in total. The van der Waals surface area contributed by atoms with Crippen molar-refractivity contribution in [1.82, 2.24) is 5.32 Å². The fourth-order valence-electron chi connectivity index (χ4n) is 1.47. The molecule has 0 aliphatic carbocycles. The SMILES string of the molecule is CCCNCc1ccc(CSc2cccs2)o1. The van der Waals surface area contributed by atoms with Gasteiger partial charge in [-0.25, -0.2) is 0 Å². The van der Waals surface area contributed by atoms with Crippen molar-refractivity contribution in [2.24, 2.45) is 0 Å². The smallest absolute Gasteiger partial charge is 0.118 e. The highest BCUT2D eigenvalue weighted by atomic mass is 32.2. The fraction of sp³-hybridized carbons (Fsp3) is 0.385. The lowest BCUT2D eigenvalue weighted by Crippen LogP contribution is -2.12. The third-order valence-corrected chi connectivity index (χ3v) is 4.45. The van der Waals surface area contributed by atoms with Crippen LogP contribution in [-0.2, 0) is 12.3 Å². The van der Waals surface area contributed by atoms with E-state index >= 15 is 0 Å². The highest BCUT2D eigenvalue weighted by Crippen LogP contribution is 2.27. The Bertz CT molecular complexity index is 422. The third kappa shape index (κ3) is 4.22. The van der Waals surface area contributed by atoms with E-state index in [1.165, 1.54) is 4.21 Å². The molecule has 0 aromatic carbocycles. The number of furan rings is 1. The van der Waals surface area contributed by atoms with Gasteiger partial charge < -0.3 is 9.73 Å². The molecule has 2 aromatic heterocycles. The van der Waals surface area contributed by atoms with E-state index in [2.05, 4.69) is 41.9 Å². The number of hydrogen-bond donors (Lipinski definition) is 1. The summed E-state index contributed by atoms with van der Waals surface area (Å²) in [7, 11) is 0. The highest BCUT2D eigenvalue weighted by molar-refractivity contribution is 8.00. The summed E-state index contributed by atoms with van der Waals surface area (Å²) in [4.78, 5) is 0. The van der Waals surface area contributed by atoms with E-state index in [0.29, 0.717) is 0 Å². The molecule has 0 atom stereocenters. The zero-order valence-corrected chi connectivity index (χ0v) is 11.6. The van der Waals surface area contributed by atoms with Gasteiger partial charge in [-0.15, -0.1) is 23.1 Å². The van der Waals surface area contributed by atoms with Crippen LogP contribution in [0.1, 0.15) is 24.9 Å². The van der Waals surface area contributed by atoms with Gasteiger partial charge in [0.25, 0.3) is 0 Å². The van der Waals surface area contributed by atoms with Crippen molar-refractivity contribution < 1.29 is 4.42 Å². The monoisotopic (exact) mass is 267 g/mol. The largest absolute Gasteiger partial charge is 0.464 e. The van der Waals surface area contributed by atoms with Crippen LogP contribution < -0.4 is 5.32 Å². The number of hydrogen-bond acceptors (Lipinski definition) is 4. The summed E-state index contributed by atoms with van der Waals surface area (Å²) >= 11 is 3.60. The second kappa shape index (κ2) is 6.89. The van der Waals surface area contributed by atoms with Crippen LogP contribution in [0.4, 0.5) is 0 Å². The van der Waals surface area contributed by atoms with Crippen molar-refractivity contribution in [2.45, 2.75) is 29.9 Å². The summed E-state index contributed by atoms with van der Waals surface area (Å²) in [6.07, 6.45) is 1.15. The zero-order chi connectivity index (χ0) is 11.9. The van der Waals surface area contributed by atoms with Gasteiger partial charge in [-0.3, -0.25) is 0 Å². The first kappa shape index (κ1) is 12.7. The first-order valence-electron chi connectivity index (χ1n) is 5.83. The van der Waals surface area contributed by atoms with Crippen molar-refractivity contribution in [3.63, 3.8) is 0 Å². The molecule has 4 heteroatoms. The topological polar surface area (TPSA) is 25.2 Å². The number of thiophene rings is 1. The Kier molecular flexibility index (Phi) is 5.16. The Hall–Kier alpha value is -0.710. The molecule has 0 saturated heterocycles. The molecule has 0 fully saturated rings. The number of thioether (sulfide) groups is 1. The molecule has 2 rings (SSSR count). The van der Waals surface area contributed by atoms with Gasteiger partial charge in [-0.2, -0.15) is 0 Å². The van der Waals surface area contributed by atoms with E-state index in [4.69, 9.17) is 4.42 Å². The molecule has 17 heavy (non-hydrogen) atoms.